The molecule has 2 heterocycles. The van der Waals surface area contributed by atoms with Crippen molar-refractivity contribution in [3.8, 4) is 0 Å². The Balaban J connectivity index is 1.55. The highest BCUT2D eigenvalue weighted by Crippen LogP contribution is 2.26. The summed E-state index contributed by atoms with van der Waals surface area (Å²) in [5.74, 6) is -0.567. The van der Waals surface area contributed by atoms with Crippen LogP contribution in [0.15, 0.2) is 85.1 Å². The van der Waals surface area contributed by atoms with Crippen molar-refractivity contribution >= 4 is 5.97 Å². The number of carbonyl (C=O) groups is 1. The summed E-state index contributed by atoms with van der Waals surface area (Å²) in [6, 6.07) is 0. The van der Waals surface area contributed by atoms with Crippen molar-refractivity contribution in [3.05, 3.63) is 85.1 Å². The predicted molar refractivity (Wildman–Crippen MR) is 224 cm³/mol. The smallest absolute Gasteiger partial charge is 0.303 e. The Labute approximate surface area is 350 Å². The van der Waals surface area contributed by atoms with Gasteiger partial charge in [-0.1, -0.05) is 105 Å². The van der Waals surface area contributed by atoms with Gasteiger partial charge in [0.25, 0.3) is 0 Å². The molecular formula is C45H72O14. The average Bonchev–Trinajstić information content (AvgIpc) is 3.22. The molecule has 0 saturated carbocycles. The fourth-order valence-corrected chi connectivity index (χ4v) is 6.09. The minimum absolute atomic E-state index is 0.0224. The van der Waals surface area contributed by atoms with Crippen LogP contribution in [0.1, 0.15) is 90.9 Å². The minimum atomic E-state index is -1.71. The first kappa shape index (κ1) is 52.3. The second kappa shape index (κ2) is 32.9. The third-order valence-electron chi connectivity index (χ3n) is 9.47. The molecule has 2 rings (SSSR count). The average molecular weight is 837 g/mol. The Bertz CT molecular complexity index is 1290. The van der Waals surface area contributed by atoms with Gasteiger partial charge in [-0.3, -0.25) is 4.79 Å². The van der Waals surface area contributed by atoms with Gasteiger partial charge in [0.1, 0.15) is 54.9 Å². The van der Waals surface area contributed by atoms with Crippen molar-refractivity contribution in [2.45, 2.75) is 158 Å². The second-order valence-corrected chi connectivity index (χ2v) is 14.5. The van der Waals surface area contributed by atoms with Gasteiger partial charge in [-0.25, -0.2) is 0 Å². The number of esters is 1. The molecule has 0 aromatic rings. The van der Waals surface area contributed by atoms with Crippen LogP contribution in [0.25, 0.3) is 0 Å². The normalized spacial score (nSPS) is 28.8. The third-order valence-corrected chi connectivity index (χ3v) is 9.47. The van der Waals surface area contributed by atoms with Crippen molar-refractivity contribution in [1.82, 2.24) is 0 Å². The molecule has 7 N–H and O–H groups in total. The van der Waals surface area contributed by atoms with E-state index in [4.69, 9.17) is 28.4 Å². The highest BCUT2D eigenvalue weighted by Gasteiger charge is 2.47. The van der Waals surface area contributed by atoms with Gasteiger partial charge in [-0.15, -0.1) is 0 Å². The van der Waals surface area contributed by atoms with Gasteiger partial charge in [0.15, 0.2) is 12.6 Å². The number of hydrogen-bond donors (Lipinski definition) is 7. The molecule has 14 heteroatoms. The Morgan fingerprint density at radius 2 is 1.02 bits per heavy atom. The minimum Gasteiger partial charge on any atom is -0.458 e. The molecule has 11 atom stereocenters. The monoisotopic (exact) mass is 836 g/mol. The van der Waals surface area contributed by atoms with E-state index in [1.807, 2.05) is 0 Å². The zero-order chi connectivity index (χ0) is 43.1. The van der Waals surface area contributed by atoms with Crippen LogP contribution in [0.3, 0.4) is 0 Å². The molecule has 2 aliphatic heterocycles. The van der Waals surface area contributed by atoms with Crippen LogP contribution in [-0.4, -0.2) is 142 Å². The Morgan fingerprint density at radius 3 is 1.53 bits per heavy atom. The van der Waals surface area contributed by atoms with Crippen molar-refractivity contribution in [3.63, 3.8) is 0 Å². The fourth-order valence-electron chi connectivity index (χ4n) is 6.09. The Morgan fingerprint density at radius 1 is 0.559 bits per heavy atom. The number of allylic oxidation sites excluding steroid dienone is 14. The van der Waals surface area contributed by atoms with Crippen molar-refractivity contribution in [1.29, 1.82) is 0 Å². The number of hydrogen-bond acceptors (Lipinski definition) is 14. The molecule has 14 nitrogen and oxygen atoms in total. The lowest BCUT2D eigenvalue weighted by atomic mass is 9.98. The molecule has 0 bridgehead atoms. The van der Waals surface area contributed by atoms with Gasteiger partial charge in [0.05, 0.1) is 26.4 Å². The molecule has 11 unspecified atom stereocenters. The first-order chi connectivity index (χ1) is 28.6. The van der Waals surface area contributed by atoms with Crippen LogP contribution in [0.4, 0.5) is 0 Å². The van der Waals surface area contributed by atoms with Gasteiger partial charge in [0.2, 0.25) is 0 Å². The number of aliphatic hydroxyl groups excluding tert-OH is 7. The molecule has 0 spiro atoms. The molecule has 2 aliphatic rings. The Kier molecular flexibility index (Phi) is 29.2. The summed E-state index contributed by atoms with van der Waals surface area (Å²) in [5, 5.41) is 70.9. The topological polar surface area (TPSA) is 214 Å². The summed E-state index contributed by atoms with van der Waals surface area (Å²) in [7, 11) is 0. The molecule has 0 amide bonds. The van der Waals surface area contributed by atoms with E-state index in [0.717, 1.165) is 77.0 Å². The maximum atomic E-state index is 11.7. The largest absolute Gasteiger partial charge is 0.458 e. The highest BCUT2D eigenvalue weighted by molar-refractivity contribution is 5.66. The molecule has 59 heavy (non-hydrogen) atoms. The van der Waals surface area contributed by atoms with E-state index < -0.39 is 86.7 Å². The molecule has 2 fully saturated rings. The molecule has 2 saturated heterocycles. The van der Waals surface area contributed by atoms with Crippen LogP contribution in [0.5, 0.6) is 0 Å². The highest BCUT2D eigenvalue weighted by atomic mass is 16.7. The predicted octanol–water partition coefficient (Wildman–Crippen LogP) is 4.17. The summed E-state index contributed by atoms with van der Waals surface area (Å²) in [4.78, 5) is 11.7. The molecule has 0 aliphatic carbocycles. The van der Waals surface area contributed by atoms with Gasteiger partial charge in [0, 0.05) is 13.5 Å². The summed E-state index contributed by atoms with van der Waals surface area (Å²) >= 11 is 0. The maximum absolute atomic E-state index is 11.7. The Hall–Kier alpha value is -2.83. The van der Waals surface area contributed by atoms with E-state index in [-0.39, 0.29) is 13.2 Å². The fraction of sp³-hybridized carbons (Fsp3) is 0.667. The zero-order valence-corrected chi connectivity index (χ0v) is 34.9. The van der Waals surface area contributed by atoms with Crippen LogP contribution in [0.2, 0.25) is 0 Å². The lowest BCUT2D eigenvalue weighted by Crippen LogP contribution is -2.61. The van der Waals surface area contributed by atoms with E-state index >= 15 is 0 Å². The first-order valence-corrected chi connectivity index (χ1v) is 21.1. The summed E-state index contributed by atoms with van der Waals surface area (Å²) < 4.78 is 33.0. The van der Waals surface area contributed by atoms with Crippen molar-refractivity contribution in [2.24, 2.45) is 0 Å². The van der Waals surface area contributed by atoms with Crippen molar-refractivity contribution < 1.29 is 69.0 Å². The number of aliphatic hydroxyl groups is 7. The third kappa shape index (κ3) is 22.5. The first-order valence-electron chi connectivity index (χ1n) is 21.1. The molecule has 336 valence electrons. The van der Waals surface area contributed by atoms with Gasteiger partial charge in [-0.05, 0) is 64.2 Å². The lowest BCUT2D eigenvalue weighted by molar-refractivity contribution is -0.332. The van der Waals surface area contributed by atoms with Gasteiger partial charge >= 0.3 is 5.97 Å². The van der Waals surface area contributed by atoms with E-state index in [9.17, 15) is 40.5 Å². The van der Waals surface area contributed by atoms with Crippen molar-refractivity contribution in [2.75, 3.05) is 33.0 Å². The second-order valence-electron chi connectivity index (χ2n) is 14.5. The molecule has 0 aromatic carbocycles. The van der Waals surface area contributed by atoms with Gasteiger partial charge in [-0.2, -0.15) is 0 Å². The molecule has 0 radical (unpaired) electrons. The van der Waals surface area contributed by atoms with E-state index in [0.29, 0.717) is 6.61 Å². The number of carbonyl (C=O) groups excluding carboxylic acids is 1. The quantitative estimate of drug-likeness (QED) is 0.0308. The lowest BCUT2D eigenvalue weighted by Gasteiger charge is -2.42. The van der Waals surface area contributed by atoms with E-state index in [1.165, 1.54) is 6.92 Å². The number of ether oxygens (including phenoxy) is 6. The summed E-state index contributed by atoms with van der Waals surface area (Å²) in [6.07, 6.45) is 26.3. The summed E-state index contributed by atoms with van der Waals surface area (Å²) in [5.41, 5.74) is 0. The molecular weight excluding hydrogens is 764 g/mol. The van der Waals surface area contributed by atoms with Crippen LogP contribution in [0, 0.1) is 0 Å². The maximum Gasteiger partial charge on any atom is 0.303 e. The van der Waals surface area contributed by atoms with Gasteiger partial charge < -0.3 is 64.2 Å². The number of unbranched alkanes of at least 4 members (excludes halogenated alkanes) is 4. The SMILES string of the molecule is CC/C=C\C/C=C\C/C=C\C/C=C\C/C=C\C/C=C\C/C=C\CCCCCCOCC(COC1OC(COC2OC(CO)C(O)C(O)C2O)C(O)C(O)C1O)OC(C)=O. The van der Waals surface area contributed by atoms with Crippen LogP contribution < -0.4 is 0 Å². The van der Waals surface area contributed by atoms with E-state index in [1.54, 1.807) is 0 Å². The van der Waals surface area contributed by atoms with E-state index in [2.05, 4.69) is 92.0 Å². The van der Waals surface area contributed by atoms with Crippen LogP contribution >= 0.6 is 0 Å². The standard InChI is InChI=1S/C45H72O14/c1-3-4-5-6-7-8-9-10-11-12-13-14-15-16-17-18-19-20-21-22-23-24-25-26-27-28-29-54-31-35(57-34(2)47)32-55-44-43(53)41(51)39(49)37(59-44)33-56-45-42(52)40(50)38(48)36(30-46)58-45/h4-5,7-8,10-11,13-14,16-17,19-20,22-23,35-46,48-53H,3,6,9,12,15,18,21,24-33H2,1-2H3/b5-4-,8-7-,11-10-,14-13-,17-16-,20-19-,23-22-. The van der Waals surface area contributed by atoms with Crippen LogP contribution in [-0.2, 0) is 33.2 Å². The molecule has 0 aromatic heterocycles. The summed E-state index contributed by atoms with van der Waals surface area (Å²) in [6.45, 7) is 2.44. The zero-order valence-electron chi connectivity index (χ0n) is 34.9. The number of rotatable bonds is 30.